The van der Waals surface area contributed by atoms with Gasteiger partial charge in [0, 0.05) is 19.6 Å². The number of nitrogens with zero attached hydrogens (tertiary/aromatic N) is 1. The largest absolute Gasteiger partial charge is 0.326 e. The van der Waals surface area contributed by atoms with E-state index < -0.39 is 0 Å². The predicted octanol–water partition coefficient (Wildman–Crippen LogP) is 3.27. The zero-order valence-corrected chi connectivity index (χ0v) is 12.8. The molecular formula is C19H24N2. The fourth-order valence-electron chi connectivity index (χ4n) is 3.29. The first-order valence-electron chi connectivity index (χ1n) is 7.82. The SMILES string of the molecule is CN(Cc1ccc2c(c1)CCC2)Cc1ccccc1CN. The first kappa shape index (κ1) is 14.3. The minimum Gasteiger partial charge on any atom is -0.326 e. The summed E-state index contributed by atoms with van der Waals surface area (Å²) in [5, 5.41) is 0. The molecular weight excluding hydrogens is 256 g/mol. The molecule has 0 aromatic heterocycles. The molecule has 1 aliphatic carbocycles. The average molecular weight is 280 g/mol. The topological polar surface area (TPSA) is 29.3 Å². The number of nitrogens with two attached hydrogens (primary N) is 1. The summed E-state index contributed by atoms with van der Waals surface area (Å²) in [6.45, 7) is 2.56. The monoisotopic (exact) mass is 280 g/mol. The molecule has 2 aromatic carbocycles. The van der Waals surface area contributed by atoms with E-state index in [1.807, 2.05) is 0 Å². The number of fused-ring (bicyclic) bond motifs is 1. The van der Waals surface area contributed by atoms with Crippen LogP contribution in [0.15, 0.2) is 42.5 Å². The minimum absolute atomic E-state index is 0.614. The second-order valence-electron chi connectivity index (χ2n) is 6.10. The fraction of sp³-hybridized carbons (Fsp3) is 0.368. The van der Waals surface area contributed by atoms with Crippen LogP contribution < -0.4 is 5.73 Å². The van der Waals surface area contributed by atoms with E-state index in [-0.39, 0.29) is 0 Å². The van der Waals surface area contributed by atoms with Crippen LogP contribution in [-0.2, 0) is 32.5 Å². The van der Waals surface area contributed by atoms with Crippen LogP contribution in [0.3, 0.4) is 0 Å². The number of hydrogen-bond acceptors (Lipinski definition) is 2. The maximum atomic E-state index is 5.82. The Bertz CT molecular complexity index is 619. The van der Waals surface area contributed by atoms with E-state index in [1.54, 1.807) is 11.1 Å². The fourth-order valence-corrected chi connectivity index (χ4v) is 3.29. The molecule has 0 atom stereocenters. The molecule has 110 valence electrons. The molecule has 0 saturated heterocycles. The summed E-state index contributed by atoms with van der Waals surface area (Å²) < 4.78 is 0. The number of benzene rings is 2. The zero-order chi connectivity index (χ0) is 14.7. The normalized spacial score (nSPS) is 13.7. The van der Waals surface area contributed by atoms with Crippen molar-refractivity contribution in [1.82, 2.24) is 4.90 Å². The molecule has 1 aliphatic rings. The maximum Gasteiger partial charge on any atom is 0.0237 e. The average Bonchev–Trinajstić information content (AvgIpc) is 2.95. The van der Waals surface area contributed by atoms with Crippen LogP contribution >= 0.6 is 0 Å². The van der Waals surface area contributed by atoms with E-state index in [1.165, 1.54) is 36.0 Å². The molecule has 0 amide bonds. The lowest BCUT2D eigenvalue weighted by Crippen LogP contribution is -2.18. The molecule has 2 N–H and O–H groups in total. The second kappa shape index (κ2) is 6.42. The van der Waals surface area contributed by atoms with E-state index in [0.29, 0.717) is 6.54 Å². The summed E-state index contributed by atoms with van der Waals surface area (Å²) in [7, 11) is 2.18. The van der Waals surface area contributed by atoms with Gasteiger partial charge in [-0.3, -0.25) is 4.90 Å². The Kier molecular flexibility index (Phi) is 4.37. The Labute approximate surface area is 127 Å². The molecule has 2 heteroatoms. The molecule has 0 aliphatic heterocycles. The van der Waals surface area contributed by atoms with Gasteiger partial charge in [-0.15, -0.1) is 0 Å². The van der Waals surface area contributed by atoms with Crippen LogP contribution in [0.2, 0.25) is 0 Å². The lowest BCUT2D eigenvalue weighted by molar-refractivity contribution is 0.318. The Morgan fingerprint density at radius 3 is 2.52 bits per heavy atom. The minimum atomic E-state index is 0.614. The molecule has 0 unspecified atom stereocenters. The summed E-state index contributed by atoms with van der Waals surface area (Å²) >= 11 is 0. The Balaban J connectivity index is 1.67. The van der Waals surface area contributed by atoms with Gasteiger partial charge >= 0.3 is 0 Å². The van der Waals surface area contributed by atoms with E-state index in [0.717, 1.165) is 13.1 Å². The molecule has 0 saturated carbocycles. The van der Waals surface area contributed by atoms with Crippen molar-refractivity contribution in [2.45, 2.75) is 38.9 Å². The van der Waals surface area contributed by atoms with Crippen molar-refractivity contribution in [2.75, 3.05) is 7.05 Å². The van der Waals surface area contributed by atoms with Crippen molar-refractivity contribution in [3.8, 4) is 0 Å². The molecule has 3 rings (SSSR count). The molecule has 2 aromatic rings. The van der Waals surface area contributed by atoms with Gasteiger partial charge in [0.25, 0.3) is 0 Å². The molecule has 0 radical (unpaired) electrons. The summed E-state index contributed by atoms with van der Waals surface area (Å²) in [5.74, 6) is 0. The van der Waals surface area contributed by atoms with Crippen molar-refractivity contribution in [3.05, 3.63) is 70.3 Å². The van der Waals surface area contributed by atoms with Gasteiger partial charge < -0.3 is 5.73 Å². The van der Waals surface area contributed by atoms with E-state index in [4.69, 9.17) is 5.73 Å². The van der Waals surface area contributed by atoms with Crippen molar-refractivity contribution in [3.63, 3.8) is 0 Å². The Morgan fingerprint density at radius 2 is 1.71 bits per heavy atom. The van der Waals surface area contributed by atoms with Gasteiger partial charge in [0.05, 0.1) is 0 Å². The van der Waals surface area contributed by atoms with Crippen LogP contribution in [0.4, 0.5) is 0 Å². The third-order valence-corrected chi connectivity index (χ3v) is 4.39. The smallest absolute Gasteiger partial charge is 0.0237 e. The third-order valence-electron chi connectivity index (χ3n) is 4.39. The van der Waals surface area contributed by atoms with Crippen LogP contribution in [0.5, 0.6) is 0 Å². The first-order chi connectivity index (χ1) is 10.3. The lowest BCUT2D eigenvalue weighted by Gasteiger charge is -2.19. The zero-order valence-electron chi connectivity index (χ0n) is 12.8. The van der Waals surface area contributed by atoms with Crippen molar-refractivity contribution in [1.29, 1.82) is 0 Å². The highest BCUT2D eigenvalue weighted by molar-refractivity contribution is 5.35. The second-order valence-corrected chi connectivity index (χ2v) is 6.10. The molecule has 21 heavy (non-hydrogen) atoms. The van der Waals surface area contributed by atoms with Gasteiger partial charge in [-0.05, 0) is 54.1 Å². The summed E-state index contributed by atoms with van der Waals surface area (Å²) in [6, 6.07) is 15.5. The molecule has 0 bridgehead atoms. The van der Waals surface area contributed by atoms with E-state index >= 15 is 0 Å². The van der Waals surface area contributed by atoms with Crippen LogP contribution in [0.1, 0.15) is 34.2 Å². The molecule has 0 heterocycles. The molecule has 2 nitrogen and oxygen atoms in total. The summed E-state index contributed by atoms with van der Waals surface area (Å²) in [4.78, 5) is 2.37. The number of hydrogen-bond donors (Lipinski definition) is 1. The van der Waals surface area contributed by atoms with E-state index in [9.17, 15) is 0 Å². The highest BCUT2D eigenvalue weighted by Gasteiger charge is 2.12. The number of aryl methyl sites for hydroxylation is 2. The van der Waals surface area contributed by atoms with Gasteiger partial charge in [0.15, 0.2) is 0 Å². The lowest BCUT2D eigenvalue weighted by atomic mass is 10.0. The van der Waals surface area contributed by atoms with Crippen LogP contribution in [0.25, 0.3) is 0 Å². The Morgan fingerprint density at radius 1 is 0.952 bits per heavy atom. The van der Waals surface area contributed by atoms with Crippen LogP contribution in [-0.4, -0.2) is 11.9 Å². The quantitative estimate of drug-likeness (QED) is 0.911. The highest BCUT2D eigenvalue weighted by atomic mass is 15.1. The van der Waals surface area contributed by atoms with Gasteiger partial charge in [-0.2, -0.15) is 0 Å². The van der Waals surface area contributed by atoms with Gasteiger partial charge in [-0.25, -0.2) is 0 Å². The first-order valence-corrected chi connectivity index (χ1v) is 7.82. The van der Waals surface area contributed by atoms with E-state index in [2.05, 4.69) is 54.4 Å². The number of rotatable bonds is 5. The molecule has 0 fully saturated rings. The molecule has 0 spiro atoms. The van der Waals surface area contributed by atoms with Crippen molar-refractivity contribution < 1.29 is 0 Å². The van der Waals surface area contributed by atoms with Crippen molar-refractivity contribution >= 4 is 0 Å². The van der Waals surface area contributed by atoms with Gasteiger partial charge in [0.1, 0.15) is 0 Å². The predicted molar refractivity (Wildman–Crippen MR) is 88.0 cm³/mol. The summed E-state index contributed by atoms with van der Waals surface area (Å²) in [5.41, 5.74) is 12.9. The Hall–Kier alpha value is -1.64. The van der Waals surface area contributed by atoms with Gasteiger partial charge in [-0.1, -0.05) is 42.5 Å². The van der Waals surface area contributed by atoms with Crippen molar-refractivity contribution in [2.24, 2.45) is 5.73 Å². The highest BCUT2D eigenvalue weighted by Crippen LogP contribution is 2.23. The van der Waals surface area contributed by atoms with Crippen LogP contribution in [0, 0.1) is 0 Å². The maximum absolute atomic E-state index is 5.82. The summed E-state index contributed by atoms with van der Waals surface area (Å²) in [6.07, 6.45) is 3.83. The third kappa shape index (κ3) is 3.34. The standard InChI is InChI=1S/C19H24N2/c1-21(14-19-6-3-2-5-18(19)12-20)13-15-9-10-16-7-4-8-17(16)11-15/h2-3,5-6,9-11H,4,7-8,12-14,20H2,1H3. The van der Waals surface area contributed by atoms with Gasteiger partial charge in [0.2, 0.25) is 0 Å².